The Kier molecular flexibility index (Phi) is 3.73. The van der Waals surface area contributed by atoms with E-state index in [9.17, 15) is 5.11 Å². The van der Waals surface area contributed by atoms with Crippen LogP contribution in [-0.4, -0.2) is 38.4 Å². The molecule has 1 saturated heterocycles. The summed E-state index contributed by atoms with van der Waals surface area (Å²) in [4.78, 5) is 2.31. The second-order valence-electron chi connectivity index (χ2n) is 6.82. The van der Waals surface area contributed by atoms with E-state index in [1.54, 1.807) is 6.33 Å². The number of hydrogen-bond acceptors (Lipinski definition) is 4. The highest BCUT2D eigenvalue weighted by Gasteiger charge is 2.33. The van der Waals surface area contributed by atoms with E-state index in [2.05, 4.69) is 52.4 Å². The van der Waals surface area contributed by atoms with Crippen molar-refractivity contribution in [2.45, 2.75) is 31.8 Å². The second-order valence-corrected chi connectivity index (χ2v) is 6.82. The van der Waals surface area contributed by atoms with E-state index < -0.39 is 5.60 Å². The van der Waals surface area contributed by atoms with Crippen LogP contribution >= 0.6 is 0 Å². The maximum atomic E-state index is 11.0. The molecule has 0 atom stereocenters. The zero-order valence-corrected chi connectivity index (χ0v) is 13.9. The van der Waals surface area contributed by atoms with Gasteiger partial charge in [0.2, 0.25) is 0 Å². The first-order chi connectivity index (χ1) is 11.6. The molecule has 1 N–H and O–H groups in total. The number of aliphatic hydroxyl groups is 1. The van der Waals surface area contributed by atoms with Gasteiger partial charge in [0.05, 0.1) is 5.60 Å². The fourth-order valence-electron chi connectivity index (χ4n) is 3.62. The molecule has 0 aliphatic carbocycles. The van der Waals surface area contributed by atoms with Gasteiger partial charge in [0, 0.05) is 19.5 Å². The van der Waals surface area contributed by atoms with Gasteiger partial charge in [-0.25, -0.2) is 0 Å². The van der Waals surface area contributed by atoms with Crippen molar-refractivity contribution in [2.24, 2.45) is 0 Å². The molecule has 0 unspecified atom stereocenters. The number of hydrogen-bond donors (Lipinski definition) is 1. The largest absolute Gasteiger partial charge is 0.389 e. The molecule has 0 radical (unpaired) electrons. The van der Waals surface area contributed by atoms with E-state index in [-0.39, 0.29) is 0 Å². The monoisotopic (exact) mass is 322 g/mol. The normalized spacial score (nSPS) is 17.3. The number of piperidine rings is 1. The van der Waals surface area contributed by atoms with Crippen LogP contribution in [0, 0.1) is 6.92 Å². The smallest absolute Gasteiger partial charge is 0.162 e. The first-order valence-corrected chi connectivity index (χ1v) is 8.45. The number of anilines is 1. The van der Waals surface area contributed by atoms with Gasteiger partial charge in [0.1, 0.15) is 12.1 Å². The first kappa shape index (κ1) is 15.1. The van der Waals surface area contributed by atoms with Crippen LogP contribution in [0.1, 0.15) is 24.0 Å². The molecule has 0 amide bonds. The number of pyridine rings is 1. The molecule has 0 saturated carbocycles. The van der Waals surface area contributed by atoms with Gasteiger partial charge in [0.15, 0.2) is 5.65 Å². The fourth-order valence-corrected chi connectivity index (χ4v) is 3.62. The molecule has 2 aromatic heterocycles. The lowest BCUT2D eigenvalue weighted by Crippen LogP contribution is -2.46. The summed E-state index contributed by atoms with van der Waals surface area (Å²) in [6, 6.07) is 14.5. The molecule has 1 aromatic carbocycles. The Hall–Kier alpha value is -2.40. The van der Waals surface area contributed by atoms with E-state index in [4.69, 9.17) is 0 Å². The molecule has 3 aromatic rings. The molecule has 1 aliphatic rings. The maximum Gasteiger partial charge on any atom is 0.162 e. The Labute approximate surface area is 141 Å². The first-order valence-electron chi connectivity index (χ1n) is 8.45. The Bertz CT molecular complexity index is 849. The molecular weight excluding hydrogens is 300 g/mol. The van der Waals surface area contributed by atoms with E-state index in [0.717, 1.165) is 43.8 Å². The standard InChI is InChI=1S/C19H22N4O/c1-15-4-2-5-16(12-15)13-19(24)8-10-22(11-9-19)18-7-3-6-17-21-20-14-23(17)18/h2-7,12,14,24H,8-11,13H2,1H3. The molecule has 4 rings (SSSR count). The molecule has 5 nitrogen and oxygen atoms in total. The SMILES string of the molecule is Cc1cccc(CC2(O)CCN(c3cccc4nncn34)CC2)c1. The van der Waals surface area contributed by atoms with Crippen LogP contribution < -0.4 is 4.90 Å². The van der Waals surface area contributed by atoms with Crippen molar-refractivity contribution in [1.82, 2.24) is 14.6 Å². The van der Waals surface area contributed by atoms with Crippen molar-refractivity contribution >= 4 is 11.5 Å². The van der Waals surface area contributed by atoms with Crippen molar-refractivity contribution in [1.29, 1.82) is 0 Å². The number of aromatic nitrogens is 3. The van der Waals surface area contributed by atoms with Gasteiger partial charge in [-0.15, -0.1) is 10.2 Å². The van der Waals surface area contributed by atoms with Crippen molar-refractivity contribution in [2.75, 3.05) is 18.0 Å². The van der Waals surface area contributed by atoms with Gasteiger partial charge in [-0.05, 0) is 37.5 Å². The van der Waals surface area contributed by atoms with Gasteiger partial charge in [0.25, 0.3) is 0 Å². The Morgan fingerprint density at radius 3 is 2.71 bits per heavy atom. The summed E-state index contributed by atoms with van der Waals surface area (Å²) in [5.41, 5.74) is 2.69. The van der Waals surface area contributed by atoms with Crippen molar-refractivity contribution < 1.29 is 5.11 Å². The lowest BCUT2D eigenvalue weighted by Gasteiger charge is -2.39. The van der Waals surface area contributed by atoms with E-state index in [1.165, 1.54) is 11.1 Å². The van der Waals surface area contributed by atoms with E-state index in [1.807, 2.05) is 16.5 Å². The summed E-state index contributed by atoms with van der Waals surface area (Å²) in [6.07, 6.45) is 4.00. The molecule has 0 bridgehead atoms. The molecule has 5 heteroatoms. The highest BCUT2D eigenvalue weighted by atomic mass is 16.3. The number of benzene rings is 1. The highest BCUT2D eigenvalue weighted by Crippen LogP contribution is 2.29. The Balaban J connectivity index is 1.49. The van der Waals surface area contributed by atoms with Crippen LogP contribution in [0.2, 0.25) is 0 Å². The average Bonchev–Trinajstić information content (AvgIpc) is 3.04. The van der Waals surface area contributed by atoms with Crippen molar-refractivity contribution in [3.63, 3.8) is 0 Å². The average molecular weight is 322 g/mol. The fraction of sp³-hybridized carbons (Fsp3) is 0.368. The van der Waals surface area contributed by atoms with Crippen LogP contribution in [0.25, 0.3) is 5.65 Å². The number of aryl methyl sites for hydroxylation is 1. The molecule has 124 valence electrons. The lowest BCUT2D eigenvalue weighted by molar-refractivity contribution is 0.0164. The predicted molar refractivity (Wildman–Crippen MR) is 94.3 cm³/mol. The van der Waals surface area contributed by atoms with Gasteiger partial charge in [-0.1, -0.05) is 35.9 Å². The van der Waals surface area contributed by atoms with Crippen LogP contribution in [0.3, 0.4) is 0 Å². The summed E-state index contributed by atoms with van der Waals surface area (Å²) in [7, 11) is 0. The van der Waals surface area contributed by atoms with Gasteiger partial charge in [-0.2, -0.15) is 0 Å². The Morgan fingerprint density at radius 2 is 1.92 bits per heavy atom. The van der Waals surface area contributed by atoms with Crippen LogP contribution in [0.15, 0.2) is 48.8 Å². The molecular formula is C19H22N4O. The number of rotatable bonds is 3. The highest BCUT2D eigenvalue weighted by molar-refractivity contribution is 5.51. The van der Waals surface area contributed by atoms with Gasteiger partial charge >= 0.3 is 0 Å². The second kappa shape index (κ2) is 5.91. The minimum Gasteiger partial charge on any atom is -0.389 e. The van der Waals surface area contributed by atoms with Crippen LogP contribution in [0.4, 0.5) is 5.82 Å². The topological polar surface area (TPSA) is 53.7 Å². The summed E-state index contributed by atoms with van der Waals surface area (Å²) < 4.78 is 2.00. The third-order valence-corrected chi connectivity index (χ3v) is 4.95. The number of fused-ring (bicyclic) bond motifs is 1. The molecule has 0 spiro atoms. The summed E-state index contributed by atoms with van der Waals surface area (Å²) in [6.45, 7) is 3.76. The molecule has 24 heavy (non-hydrogen) atoms. The third kappa shape index (κ3) is 2.87. The maximum absolute atomic E-state index is 11.0. The number of nitrogens with zero attached hydrogens (tertiary/aromatic N) is 4. The minimum atomic E-state index is -0.620. The van der Waals surface area contributed by atoms with Crippen molar-refractivity contribution in [3.8, 4) is 0 Å². The predicted octanol–water partition coefficient (Wildman–Crippen LogP) is 2.61. The zero-order chi connectivity index (χ0) is 16.6. The molecule has 1 aliphatic heterocycles. The molecule has 1 fully saturated rings. The summed E-state index contributed by atoms with van der Waals surface area (Å²) in [5.74, 6) is 1.09. The lowest BCUT2D eigenvalue weighted by atomic mass is 9.85. The summed E-state index contributed by atoms with van der Waals surface area (Å²) >= 11 is 0. The van der Waals surface area contributed by atoms with Crippen molar-refractivity contribution in [3.05, 3.63) is 59.9 Å². The molecule has 3 heterocycles. The zero-order valence-electron chi connectivity index (χ0n) is 13.9. The quantitative estimate of drug-likeness (QED) is 0.805. The van der Waals surface area contributed by atoms with E-state index >= 15 is 0 Å². The summed E-state index contributed by atoms with van der Waals surface area (Å²) in [5, 5.41) is 19.1. The Morgan fingerprint density at radius 1 is 1.12 bits per heavy atom. The third-order valence-electron chi connectivity index (χ3n) is 4.95. The van der Waals surface area contributed by atoms with Crippen LogP contribution in [-0.2, 0) is 6.42 Å². The van der Waals surface area contributed by atoms with Gasteiger partial charge < -0.3 is 10.0 Å². The van der Waals surface area contributed by atoms with Gasteiger partial charge in [-0.3, -0.25) is 4.40 Å². The minimum absolute atomic E-state index is 0.620. The van der Waals surface area contributed by atoms with Crippen LogP contribution in [0.5, 0.6) is 0 Å². The van der Waals surface area contributed by atoms with E-state index in [0.29, 0.717) is 0 Å².